The van der Waals surface area contributed by atoms with Crippen molar-refractivity contribution < 1.29 is 9.53 Å². The summed E-state index contributed by atoms with van der Waals surface area (Å²) in [5.41, 5.74) is 2.18. The van der Waals surface area contributed by atoms with Crippen LogP contribution in [0.1, 0.15) is 30.9 Å². The van der Waals surface area contributed by atoms with E-state index in [-0.39, 0.29) is 5.92 Å². The summed E-state index contributed by atoms with van der Waals surface area (Å²) in [5.74, 6) is 0.831. The predicted octanol–water partition coefficient (Wildman–Crippen LogP) is 2.70. The van der Waals surface area contributed by atoms with Crippen molar-refractivity contribution >= 4 is 6.29 Å². The number of aryl methyl sites for hydroxylation is 1. The minimum Gasteiger partial charge on any atom is -0.494 e. The van der Waals surface area contributed by atoms with Crippen LogP contribution in [0.4, 0.5) is 0 Å². The number of benzene rings is 1. The van der Waals surface area contributed by atoms with Crippen LogP contribution in [0.3, 0.4) is 0 Å². The number of carbonyl (C=O) groups is 1. The molecule has 0 spiro atoms. The van der Waals surface area contributed by atoms with Crippen LogP contribution in [0.15, 0.2) is 18.2 Å². The van der Waals surface area contributed by atoms with E-state index in [0.29, 0.717) is 6.61 Å². The van der Waals surface area contributed by atoms with Crippen LogP contribution in [-0.4, -0.2) is 12.9 Å². The molecule has 0 fully saturated rings. The Morgan fingerprint density at radius 3 is 2.71 bits per heavy atom. The van der Waals surface area contributed by atoms with Gasteiger partial charge in [-0.3, -0.25) is 0 Å². The molecule has 1 aromatic carbocycles. The highest BCUT2D eigenvalue weighted by atomic mass is 16.5. The summed E-state index contributed by atoms with van der Waals surface area (Å²) in [6.07, 6.45) is 0.961. The molecule has 0 bridgehead atoms. The van der Waals surface area contributed by atoms with E-state index in [4.69, 9.17) is 4.74 Å². The van der Waals surface area contributed by atoms with Crippen molar-refractivity contribution in [3.63, 3.8) is 0 Å². The molecule has 2 nitrogen and oxygen atoms in total. The number of aldehydes is 1. The maximum Gasteiger partial charge on any atom is 0.127 e. The third-order valence-corrected chi connectivity index (χ3v) is 2.25. The number of ether oxygens (including phenoxy) is 1. The minimum absolute atomic E-state index is 0.0364. The van der Waals surface area contributed by atoms with Gasteiger partial charge in [-0.05, 0) is 37.1 Å². The average molecular weight is 192 g/mol. The lowest BCUT2D eigenvalue weighted by molar-refractivity contribution is -0.108. The van der Waals surface area contributed by atoms with Gasteiger partial charge in [0.05, 0.1) is 6.61 Å². The summed E-state index contributed by atoms with van der Waals surface area (Å²) < 4.78 is 5.37. The lowest BCUT2D eigenvalue weighted by Gasteiger charge is -2.10. The maximum absolute atomic E-state index is 10.6. The van der Waals surface area contributed by atoms with Crippen molar-refractivity contribution in [1.82, 2.24) is 0 Å². The predicted molar refractivity (Wildman–Crippen MR) is 56.8 cm³/mol. The highest BCUT2D eigenvalue weighted by Crippen LogP contribution is 2.22. The fraction of sp³-hybridized carbons (Fsp3) is 0.417. The van der Waals surface area contributed by atoms with Crippen molar-refractivity contribution in [2.45, 2.75) is 26.7 Å². The van der Waals surface area contributed by atoms with Crippen molar-refractivity contribution in [3.05, 3.63) is 29.3 Å². The Morgan fingerprint density at radius 2 is 2.21 bits per heavy atom. The van der Waals surface area contributed by atoms with Crippen LogP contribution in [0.25, 0.3) is 0 Å². The first-order valence-electron chi connectivity index (χ1n) is 4.87. The molecule has 0 amide bonds. The third kappa shape index (κ3) is 2.34. The molecule has 0 saturated heterocycles. The molecule has 76 valence electrons. The summed E-state index contributed by atoms with van der Waals surface area (Å²) in [5, 5.41) is 0. The van der Waals surface area contributed by atoms with Crippen LogP contribution in [0.5, 0.6) is 5.75 Å². The Bertz CT molecular complexity index is 318. The van der Waals surface area contributed by atoms with E-state index in [9.17, 15) is 4.79 Å². The monoisotopic (exact) mass is 192 g/mol. The Hall–Kier alpha value is -1.31. The molecular weight excluding hydrogens is 176 g/mol. The molecule has 1 unspecified atom stereocenters. The van der Waals surface area contributed by atoms with Crippen molar-refractivity contribution in [2.24, 2.45) is 0 Å². The Morgan fingerprint density at radius 1 is 1.50 bits per heavy atom. The average Bonchev–Trinajstić information content (AvgIpc) is 2.17. The van der Waals surface area contributed by atoms with Gasteiger partial charge in [0.2, 0.25) is 0 Å². The maximum atomic E-state index is 10.6. The second-order valence-electron chi connectivity index (χ2n) is 3.38. The molecule has 0 aliphatic rings. The number of hydrogen-bond donors (Lipinski definition) is 0. The fourth-order valence-corrected chi connectivity index (χ4v) is 1.49. The largest absolute Gasteiger partial charge is 0.494 e. The normalized spacial score (nSPS) is 12.2. The lowest BCUT2D eigenvalue weighted by atomic mass is 9.97. The van der Waals surface area contributed by atoms with Crippen LogP contribution in [0.2, 0.25) is 0 Å². The molecule has 0 radical (unpaired) electrons. The molecule has 2 heteroatoms. The van der Waals surface area contributed by atoms with Gasteiger partial charge in [0.1, 0.15) is 12.0 Å². The Kier molecular flexibility index (Phi) is 3.69. The Labute approximate surface area is 84.9 Å². The zero-order valence-electron chi connectivity index (χ0n) is 8.91. The SMILES string of the molecule is CCOc1ccc(C(C)C=O)c(C)c1. The third-order valence-electron chi connectivity index (χ3n) is 2.25. The van der Waals surface area contributed by atoms with Gasteiger partial charge in [-0.2, -0.15) is 0 Å². The van der Waals surface area contributed by atoms with E-state index in [1.807, 2.05) is 39.0 Å². The zero-order chi connectivity index (χ0) is 10.6. The summed E-state index contributed by atoms with van der Waals surface area (Å²) >= 11 is 0. The van der Waals surface area contributed by atoms with Crippen LogP contribution < -0.4 is 4.74 Å². The summed E-state index contributed by atoms with van der Waals surface area (Å²) in [6.45, 7) is 6.52. The number of hydrogen-bond acceptors (Lipinski definition) is 2. The second kappa shape index (κ2) is 4.80. The van der Waals surface area contributed by atoms with Gasteiger partial charge >= 0.3 is 0 Å². The quantitative estimate of drug-likeness (QED) is 0.685. The number of carbonyl (C=O) groups excluding carboxylic acids is 1. The zero-order valence-corrected chi connectivity index (χ0v) is 8.91. The van der Waals surface area contributed by atoms with Crippen LogP contribution >= 0.6 is 0 Å². The highest BCUT2D eigenvalue weighted by molar-refractivity contribution is 5.62. The van der Waals surface area contributed by atoms with Gasteiger partial charge in [-0.25, -0.2) is 0 Å². The first kappa shape index (κ1) is 10.8. The van der Waals surface area contributed by atoms with E-state index in [0.717, 1.165) is 23.2 Å². The Balaban J connectivity index is 2.94. The molecule has 1 aromatic rings. The summed E-state index contributed by atoms with van der Waals surface area (Å²) in [4.78, 5) is 10.6. The molecule has 0 saturated carbocycles. The topological polar surface area (TPSA) is 26.3 Å². The smallest absolute Gasteiger partial charge is 0.127 e. The second-order valence-corrected chi connectivity index (χ2v) is 3.38. The molecule has 1 atom stereocenters. The van der Waals surface area contributed by atoms with Crippen molar-refractivity contribution in [3.8, 4) is 5.75 Å². The first-order valence-corrected chi connectivity index (χ1v) is 4.87. The molecule has 0 aliphatic carbocycles. The van der Waals surface area contributed by atoms with Gasteiger partial charge in [0.25, 0.3) is 0 Å². The van der Waals surface area contributed by atoms with Gasteiger partial charge in [0.15, 0.2) is 0 Å². The highest BCUT2D eigenvalue weighted by Gasteiger charge is 2.07. The standard InChI is InChI=1S/C12H16O2/c1-4-14-11-5-6-12(9(2)7-11)10(3)8-13/h5-8,10H,4H2,1-3H3. The molecule has 0 aliphatic heterocycles. The van der Waals surface area contributed by atoms with Gasteiger partial charge in [-0.15, -0.1) is 0 Å². The van der Waals surface area contributed by atoms with Gasteiger partial charge in [0, 0.05) is 5.92 Å². The van der Waals surface area contributed by atoms with Crippen LogP contribution in [-0.2, 0) is 4.79 Å². The van der Waals surface area contributed by atoms with Crippen molar-refractivity contribution in [1.29, 1.82) is 0 Å². The van der Waals surface area contributed by atoms with E-state index in [1.54, 1.807) is 0 Å². The van der Waals surface area contributed by atoms with Crippen molar-refractivity contribution in [2.75, 3.05) is 6.61 Å². The lowest BCUT2D eigenvalue weighted by Crippen LogP contribution is -1.99. The van der Waals surface area contributed by atoms with E-state index >= 15 is 0 Å². The number of rotatable bonds is 4. The summed E-state index contributed by atoms with van der Waals surface area (Å²) in [7, 11) is 0. The van der Waals surface area contributed by atoms with E-state index in [2.05, 4.69) is 0 Å². The van der Waals surface area contributed by atoms with Gasteiger partial charge in [-0.1, -0.05) is 13.0 Å². The molecule has 0 heterocycles. The minimum atomic E-state index is -0.0364. The van der Waals surface area contributed by atoms with Gasteiger partial charge < -0.3 is 9.53 Å². The van der Waals surface area contributed by atoms with Crippen LogP contribution in [0, 0.1) is 6.92 Å². The van der Waals surface area contributed by atoms with E-state index in [1.165, 1.54) is 0 Å². The molecule has 0 aromatic heterocycles. The summed E-state index contributed by atoms with van der Waals surface area (Å²) in [6, 6.07) is 5.84. The molecule has 0 N–H and O–H groups in total. The molecular formula is C12H16O2. The first-order chi connectivity index (χ1) is 6.69. The fourth-order valence-electron chi connectivity index (χ4n) is 1.49. The van der Waals surface area contributed by atoms with E-state index < -0.39 is 0 Å². The molecule has 14 heavy (non-hydrogen) atoms. The molecule has 1 rings (SSSR count).